The van der Waals surface area contributed by atoms with Crippen LogP contribution in [-0.4, -0.2) is 22.0 Å². The average molecular weight is 286 g/mol. The molecule has 0 aliphatic heterocycles. The van der Waals surface area contributed by atoms with Gasteiger partial charge in [0.15, 0.2) is 0 Å². The van der Waals surface area contributed by atoms with Gasteiger partial charge in [-0.2, -0.15) is 0 Å². The molecular weight excluding hydrogens is 266 g/mol. The first-order valence-electron chi connectivity index (χ1n) is 6.60. The van der Waals surface area contributed by atoms with Gasteiger partial charge in [-0.15, -0.1) is 0 Å². The van der Waals surface area contributed by atoms with Gasteiger partial charge >= 0.3 is 0 Å². The van der Waals surface area contributed by atoms with E-state index in [0.717, 1.165) is 30.7 Å². The molecule has 1 aliphatic carbocycles. The molecule has 1 N–H and O–H groups in total. The van der Waals surface area contributed by atoms with E-state index in [1.165, 1.54) is 6.42 Å². The van der Waals surface area contributed by atoms with Crippen LogP contribution in [0.4, 0.5) is 0 Å². The molecule has 0 amide bonds. The average Bonchev–Trinajstić information content (AvgIpc) is 2.39. The van der Waals surface area contributed by atoms with Crippen LogP contribution in [0.15, 0.2) is 29.2 Å². The lowest BCUT2D eigenvalue weighted by Crippen LogP contribution is -2.37. The van der Waals surface area contributed by atoms with Crippen LogP contribution in [0.3, 0.4) is 0 Å². The third-order valence-corrected chi connectivity index (χ3v) is 5.44. The number of nitrogens with one attached hydrogen (secondary N) is 1. The highest BCUT2D eigenvalue weighted by atomic mass is 35.5. The molecule has 2 nitrogen and oxygen atoms in total. The van der Waals surface area contributed by atoms with Crippen molar-refractivity contribution in [3.63, 3.8) is 0 Å². The van der Waals surface area contributed by atoms with E-state index in [2.05, 4.69) is 12.2 Å². The van der Waals surface area contributed by atoms with Crippen LogP contribution < -0.4 is 5.32 Å². The number of benzene rings is 1. The number of rotatable bonds is 4. The zero-order chi connectivity index (χ0) is 13.0. The molecule has 18 heavy (non-hydrogen) atoms. The molecule has 1 fully saturated rings. The van der Waals surface area contributed by atoms with Crippen molar-refractivity contribution in [3.8, 4) is 0 Å². The van der Waals surface area contributed by atoms with E-state index >= 15 is 0 Å². The number of hydrogen-bond donors (Lipinski definition) is 1. The van der Waals surface area contributed by atoms with Crippen LogP contribution in [0, 0.1) is 0 Å². The van der Waals surface area contributed by atoms with Crippen molar-refractivity contribution >= 4 is 22.4 Å². The summed E-state index contributed by atoms with van der Waals surface area (Å²) in [6.45, 7) is 3.11. The molecule has 1 aromatic carbocycles. The molecule has 0 heterocycles. The Balaban J connectivity index is 2.04. The maximum Gasteiger partial charge on any atom is 0.0561 e. The van der Waals surface area contributed by atoms with Crippen molar-refractivity contribution in [3.05, 3.63) is 29.3 Å². The first-order chi connectivity index (χ1) is 8.70. The largest absolute Gasteiger partial charge is 0.314 e. The van der Waals surface area contributed by atoms with Crippen LogP contribution in [0.5, 0.6) is 0 Å². The third-order valence-electron chi connectivity index (χ3n) is 3.45. The van der Waals surface area contributed by atoms with Gasteiger partial charge in [0.25, 0.3) is 0 Å². The van der Waals surface area contributed by atoms with Gasteiger partial charge in [-0.3, -0.25) is 4.21 Å². The summed E-state index contributed by atoms with van der Waals surface area (Å²) in [5.41, 5.74) is 0. The lowest BCUT2D eigenvalue weighted by atomic mass is 9.95. The molecule has 0 bridgehead atoms. The molecular formula is C14H20ClNOS. The quantitative estimate of drug-likeness (QED) is 0.919. The molecule has 4 heteroatoms. The Morgan fingerprint density at radius 1 is 1.44 bits per heavy atom. The molecule has 3 atom stereocenters. The predicted molar refractivity (Wildman–Crippen MR) is 77.6 cm³/mol. The van der Waals surface area contributed by atoms with E-state index < -0.39 is 10.8 Å². The SMILES string of the molecule is CCNC1CCCC(S(=O)c2cccc(Cl)c2)C1. The molecule has 1 aliphatic rings. The third kappa shape index (κ3) is 3.56. The van der Waals surface area contributed by atoms with Gasteiger partial charge in [0.2, 0.25) is 0 Å². The summed E-state index contributed by atoms with van der Waals surface area (Å²) < 4.78 is 12.5. The Labute approximate surface area is 117 Å². The standard InChI is InChI=1S/C14H20ClNOS/c1-2-16-12-6-4-8-14(10-12)18(17)13-7-3-5-11(15)9-13/h3,5,7,9,12,14,16H,2,4,6,8,10H2,1H3. The second-order valence-electron chi connectivity index (χ2n) is 4.80. The van der Waals surface area contributed by atoms with E-state index in [1.807, 2.05) is 24.3 Å². The molecule has 3 unspecified atom stereocenters. The van der Waals surface area contributed by atoms with Gasteiger partial charge in [-0.1, -0.05) is 31.0 Å². The maximum absolute atomic E-state index is 12.5. The van der Waals surface area contributed by atoms with E-state index in [-0.39, 0.29) is 5.25 Å². The van der Waals surface area contributed by atoms with E-state index in [0.29, 0.717) is 11.1 Å². The van der Waals surface area contributed by atoms with Crippen LogP contribution in [0.2, 0.25) is 5.02 Å². The fourth-order valence-electron chi connectivity index (χ4n) is 2.60. The van der Waals surface area contributed by atoms with E-state index in [9.17, 15) is 4.21 Å². The molecule has 1 saturated carbocycles. The van der Waals surface area contributed by atoms with Crippen molar-refractivity contribution in [2.75, 3.05) is 6.54 Å². The first kappa shape index (κ1) is 14.0. The lowest BCUT2D eigenvalue weighted by molar-refractivity contribution is 0.383. The molecule has 1 aromatic rings. The van der Waals surface area contributed by atoms with Crippen LogP contribution in [0.1, 0.15) is 32.6 Å². The molecule has 0 aromatic heterocycles. The smallest absolute Gasteiger partial charge is 0.0561 e. The van der Waals surface area contributed by atoms with Crippen molar-refractivity contribution in [2.45, 2.75) is 48.8 Å². The second kappa shape index (κ2) is 6.69. The molecule has 100 valence electrons. The summed E-state index contributed by atoms with van der Waals surface area (Å²) in [5.74, 6) is 0. The minimum absolute atomic E-state index is 0.265. The van der Waals surface area contributed by atoms with Gasteiger partial charge < -0.3 is 5.32 Å². The van der Waals surface area contributed by atoms with Crippen molar-refractivity contribution in [1.29, 1.82) is 0 Å². The summed E-state index contributed by atoms with van der Waals surface area (Å²) in [4.78, 5) is 0.865. The Morgan fingerprint density at radius 2 is 2.28 bits per heavy atom. The fraction of sp³-hybridized carbons (Fsp3) is 0.571. The zero-order valence-electron chi connectivity index (χ0n) is 10.7. The Morgan fingerprint density at radius 3 is 3.00 bits per heavy atom. The Hall–Kier alpha value is -0.380. The van der Waals surface area contributed by atoms with Crippen molar-refractivity contribution in [2.24, 2.45) is 0 Å². The van der Waals surface area contributed by atoms with Gasteiger partial charge in [0, 0.05) is 21.2 Å². The summed E-state index contributed by atoms with van der Waals surface area (Å²) in [6.07, 6.45) is 4.43. The monoisotopic (exact) mass is 285 g/mol. The Bertz CT molecular complexity index is 422. The molecule has 0 saturated heterocycles. The normalized spacial score (nSPS) is 25.9. The van der Waals surface area contributed by atoms with E-state index in [1.54, 1.807) is 0 Å². The summed E-state index contributed by atoms with van der Waals surface area (Å²) >= 11 is 5.96. The number of hydrogen-bond acceptors (Lipinski definition) is 2. The summed E-state index contributed by atoms with van der Waals surface area (Å²) in [5, 5.41) is 4.40. The topological polar surface area (TPSA) is 29.1 Å². The summed E-state index contributed by atoms with van der Waals surface area (Å²) in [6, 6.07) is 7.97. The molecule has 2 rings (SSSR count). The summed E-state index contributed by atoms with van der Waals surface area (Å²) in [7, 11) is -0.929. The van der Waals surface area contributed by atoms with Gasteiger partial charge in [-0.05, 0) is 44.0 Å². The Kier molecular flexibility index (Phi) is 5.22. The fourth-order valence-corrected chi connectivity index (χ4v) is 4.48. The van der Waals surface area contributed by atoms with Crippen LogP contribution in [0.25, 0.3) is 0 Å². The maximum atomic E-state index is 12.5. The van der Waals surface area contributed by atoms with Crippen molar-refractivity contribution in [1.82, 2.24) is 5.32 Å². The van der Waals surface area contributed by atoms with Crippen LogP contribution in [-0.2, 0) is 10.8 Å². The van der Waals surface area contributed by atoms with Crippen molar-refractivity contribution < 1.29 is 4.21 Å². The molecule has 0 spiro atoms. The second-order valence-corrected chi connectivity index (χ2v) is 6.97. The highest BCUT2D eigenvalue weighted by Crippen LogP contribution is 2.27. The minimum atomic E-state index is -0.929. The zero-order valence-corrected chi connectivity index (χ0v) is 12.3. The van der Waals surface area contributed by atoms with Crippen LogP contribution >= 0.6 is 11.6 Å². The highest BCUT2D eigenvalue weighted by Gasteiger charge is 2.26. The lowest BCUT2D eigenvalue weighted by Gasteiger charge is -2.29. The van der Waals surface area contributed by atoms with Gasteiger partial charge in [0.1, 0.15) is 0 Å². The van der Waals surface area contributed by atoms with E-state index in [4.69, 9.17) is 11.6 Å². The number of halogens is 1. The molecule has 0 radical (unpaired) electrons. The predicted octanol–water partition coefficient (Wildman–Crippen LogP) is 3.37. The first-order valence-corrected chi connectivity index (χ1v) is 8.19. The van der Waals surface area contributed by atoms with Gasteiger partial charge in [0.05, 0.1) is 10.8 Å². The highest BCUT2D eigenvalue weighted by molar-refractivity contribution is 7.85. The van der Waals surface area contributed by atoms with Gasteiger partial charge in [-0.25, -0.2) is 0 Å². The minimum Gasteiger partial charge on any atom is -0.314 e.